The Morgan fingerprint density at radius 2 is 2.12 bits per heavy atom. The van der Waals surface area contributed by atoms with Crippen LogP contribution in [0.25, 0.3) is 0 Å². The second-order valence-electron chi connectivity index (χ2n) is 3.75. The minimum Gasteiger partial charge on any atom is -0.367 e. The van der Waals surface area contributed by atoms with Crippen LogP contribution in [0.1, 0.15) is 23.7 Å². The van der Waals surface area contributed by atoms with Gasteiger partial charge >= 0.3 is 0 Å². The summed E-state index contributed by atoms with van der Waals surface area (Å²) in [4.78, 5) is 0. The van der Waals surface area contributed by atoms with Crippen LogP contribution in [0.3, 0.4) is 0 Å². The van der Waals surface area contributed by atoms with Crippen molar-refractivity contribution in [2.24, 2.45) is 0 Å². The summed E-state index contributed by atoms with van der Waals surface area (Å²) >= 11 is 0. The van der Waals surface area contributed by atoms with Gasteiger partial charge in [-0.1, -0.05) is 36.4 Å². The van der Waals surface area contributed by atoms with E-state index in [9.17, 15) is 0 Å². The molecule has 0 N–H and O–H groups in total. The Kier molecular flexibility index (Phi) is 5.01. The fourth-order valence-electron chi connectivity index (χ4n) is 1.43. The molecule has 1 unspecified atom stereocenters. The molecule has 0 aliphatic carbocycles. The van der Waals surface area contributed by atoms with Gasteiger partial charge in [-0.3, -0.25) is 0 Å². The summed E-state index contributed by atoms with van der Waals surface area (Å²) < 4.78 is 5.60. The van der Waals surface area contributed by atoms with Gasteiger partial charge < -0.3 is 4.74 Å². The first-order valence-corrected chi connectivity index (χ1v) is 5.39. The summed E-state index contributed by atoms with van der Waals surface area (Å²) in [6.07, 6.45) is 5.30. The van der Waals surface area contributed by atoms with Crippen LogP contribution in [0.15, 0.2) is 36.4 Å². The normalized spacial score (nSPS) is 11.2. The highest BCUT2D eigenvalue weighted by Crippen LogP contribution is 2.24. The van der Waals surface area contributed by atoms with Gasteiger partial charge in [-0.05, 0) is 12.5 Å². The molecular weight excluding hydrogens is 210 g/mol. The van der Waals surface area contributed by atoms with Crippen LogP contribution >= 0.6 is 0 Å². The standard InChI is InChI=1S/C15H15NO/c1-4-5-10-17-15(13(3)11-16)14-8-6-12(2)7-9-14/h1,6-9,15H,3,5,10H2,2H3. The molecule has 1 aromatic rings. The Labute approximate surface area is 103 Å². The maximum Gasteiger partial charge on any atom is 0.117 e. The highest BCUT2D eigenvalue weighted by atomic mass is 16.5. The zero-order valence-electron chi connectivity index (χ0n) is 9.94. The maximum absolute atomic E-state index is 8.91. The fourth-order valence-corrected chi connectivity index (χ4v) is 1.43. The number of terminal acetylenes is 1. The van der Waals surface area contributed by atoms with E-state index in [1.165, 1.54) is 5.56 Å². The van der Waals surface area contributed by atoms with Crippen LogP contribution in [0, 0.1) is 30.6 Å². The summed E-state index contributed by atoms with van der Waals surface area (Å²) in [5.41, 5.74) is 2.49. The third kappa shape index (κ3) is 3.79. The average molecular weight is 225 g/mol. The molecule has 0 spiro atoms. The third-order valence-electron chi connectivity index (χ3n) is 2.37. The lowest BCUT2D eigenvalue weighted by atomic mass is 10.0. The number of nitrogens with zero attached hydrogens (tertiary/aromatic N) is 1. The summed E-state index contributed by atoms with van der Waals surface area (Å²) in [5, 5.41) is 8.91. The van der Waals surface area contributed by atoms with Gasteiger partial charge in [-0.15, -0.1) is 12.3 Å². The average Bonchev–Trinajstić information content (AvgIpc) is 2.35. The molecular formula is C15H15NO. The Hall–Kier alpha value is -2.03. The molecule has 1 atom stereocenters. The first kappa shape index (κ1) is 13.0. The van der Waals surface area contributed by atoms with E-state index >= 15 is 0 Å². The molecule has 2 heteroatoms. The van der Waals surface area contributed by atoms with E-state index in [4.69, 9.17) is 16.4 Å². The minimum absolute atomic E-state index is 0.394. The number of benzene rings is 1. The van der Waals surface area contributed by atoms with Gasteiger partial charge in [0.15, 0.2) is 0 Å². The van der Waals surface area contributed by atoms with Crippen molar-refractivity contribution in [2.75, 3.05) is 6.61 Å². The highest BCUT2D eigenvalue weighted by molar-refractivity contribution is 5.33. The van der Waals surface area contributed by atoms with Crippen molar-refractivity contribution in [2.45, 2.75) is 19.4 Å². The van der Waals surface area contributed by atoms with Crippen LogP contribution < -0.4 is 0 Å². The smallest absolute Gasteiger partial charge is 0.117 e. The molecule has 1 aromatic carbocycles. The Morgan fingerprint density at radius 3 is 2.65 bits per heavy atom. The van der Waals surface area contributed by atoms with Gasteiger partial charge in [0.05, 0.1) is 18.2 Å². The number of nitriles is 1. The highest BCUT2D eigenvalue weighted by Gasteiger charge is 2.15. The number of ether oxygens (including phenoxy) is 1. The number of aryl methyl sites for hydroxylation is 1. The Morgan fingerprint density at radius 1 is 1.47 bits per heavy atom. The van der Waals surface area contributed by atoms with Crippen molar-refractivity contribution in [1.29, 1.82) is 5.26 Å². The number of hydrogen-bond acceptors (Lipinski definition) is 2. The van der Waals surface area contributed by atoms with E-state index in [0.717, 1.165) is 5.56 Å². The van der Waals surface area contributed by atoms with Crippen molar-refractivity contribution < 1.29 is 4.74 Å². The molecule has 1 rings (SSSR count). The van der Waals surface area contributed by atoms with Crippen LogP contribution in [-0.4, -0.2) is 6.61 Å². The second-order valence-corrected chi connectivity index (χ2v) is 3.75. The first-order valence-electron chi connectivity index (χ1n) is 5.39. The lowest BCUT2D eigenvalue weighted by Gasteiger charge is -2.16. The second kappa shape index (κ2) is 6.53. The predicted octanol–water partition coefficient (Wildman–Crippen LogP) is 3.16. The molecule has 0 fully saturated rings. The van der Waals surface area contributed by atoms with Crippen molar-refractivity contribution in [3.05, 3.63) is 47.5 Å². The summed E-state index contributed by atoms with van der Waals surface area (Å²) in [6, 6.07) is 9.89. The third-order valence-corrected chi connectivity index (χ3v) is 2.37. The molecule has 0 saturated heterocycles. The molecule has 0 heterocycles. The first-order chi connectivity index (χ1) is 8.19. The van der Waals surface area contributed by atoms with E-state index in [1.807, 2.05) is 37.3 Å². The molecule has 0 amide bonds. The Bertz CT molecular complexity index is 459. The monoisotopic (exact) mass is 225 g/mol. The van der Waals surface area contributed by atoms with E-state index in [-0.39, 0.29) is 0 Å². The summed E-state index contributed by atoms with van der Waals surface area (Å²) in [6.45, 7) is 6.15. The lowest BCUT2D eigenvalue weighted by molar-refractivity contribution is 0.0853. The molecule has 17 heavy (non-hydrogen) atoms. The predicted molar refractivity (Wildman–Crippen MR) is 68.1 cm³/mol. The summed E-state index contributed by atoms with van der Waals surface area (Å²) in [5.74, 6) is 2.50. The maximum atomic E-state index is 8.91. The number of rotatable bonds is 5. The molecule has 0 saturated carbocycles. The number of hydrogen-bond donors (Lipinski definition) is 0. The molecule has 0 radical (unpaired) electrons. The molecule has 0 bridgehead atoms. The van der Waals surface area contributed by atoms with E-state index in [0.29, 0.717) is 18.6 Å². The van der Waals surface area contributed by atoms with Crippen molar-refractivity contribution in [3.63, 3.8) is 0 Å². The fraction of sp³-hybridized carbons (Fsp3) is 0.267. The SMILES string of the molecule is C#CCCOC(C(=C)C#N)c1ccc(C)cc1. The topological polar surface area (TPSA) is 33.0 Å². The molecule has 0 aliphatic rings. The van der Waals surface area contributed by atoms with E-state index in [1.54, 1.807) is 0 Å². The van der Waals surface area contributed by atoms with Crippen molar-refractivity contribution in [3.8, 4) is 18.4 Å². The van der Waals surface area contributed by atoms with Gasteiger partial charge in [0.2, 0.25) is 0 Å². The summed E-state index contributed by atoms with van der Waals surface area (Å²) in [7, 11) is 0. The van der Waals surface area contributed by atoms with E-state index in [2.05, 4.69) is 12.5 Å². The van der Waals surface area contributed by atoms with Crippen LogP contribution in [0.4, 0.5) is 0 Å². The quantitative estimate of drug-likeness (QED) is 0.438. The van der Waals surface area contributed by atoms with Gasteiger partial charge in [0, 0.05) is 6.42 Å². The zero-order valence-corrected chi connectivity index (χ0v) is 9.94. The van der Waals surface area contributed by atoms with Crippen LogP contribution in [0.2, 0.25) is 0 Å². The van der Waals surface area contributed by atoms with Crippen molar-refractivity contribution >= 4 is 0 Å². The Balaban J connectivity index is 2.83. The van der Waals surface area contributed by atoms with Gasteiger partial charge in [-0.25, -0.2) is 0 Å². The van der Waals surface area contributed by atoms with Gasteiger partial charge in [0.25, 0.3) is 0 Å². The van der Waals surface area contributed by atoms with Crippen LogP contribution in [0.5, 0.6) is 0 Å². The van der Waals surface area contributed by atoms with Gasteiger partial charge in [-0.2, -0.15) is 5.26 Å². The van der Waals surface area contributed by atoms with Crippen molar-refractivity contribution in [1.82, 2.24) is 0 Å². The molecule has 0 aromatic heterocycles. The largest absolute Gasteiger partial charge is 0.367 e. The van der Waals surface area contributed by atoms with Crippen LogP contribution in [-0.2, 0) is 4.74 Å². The molecule has 2 nitrogen and oxygen atoms in total. The molecule has 86 valence electrons. The zero-order chi connectivity index (χ0) is 12.7. The molecule has 0 aliphatic heterocycles. The minimum atomic E-state index is -0.394. The lowest BCUT2D eigenvalue weighted by Crippen LogP contribution is -2.07. The van der Waals surface area contributed by atoms with Gasteiger partial charge in [0.1, 0.15) is 6.10 Å². The van der Waals surface area contributed by atoms with E-state index < -0.39 is 6.10 Å².